The van der Waals surface area contributed by atoms with Crippen LogP contribution in [0.15, 0.2) is 12.3 Å². The van der Waals surface area contributed by atoms with Crippen LogP contribution in [0.3, 0.4) is 0 Å². The van der Waals surface area contributed by atoms with Crippen molar-refractivity contribution in [3.8, 4) is 0 Å². The van der Waals surface area contributed by atoms with Gasteiger partial charge in [0.05, 0.1) is 17.0 Å². The molecule has 1 N–H and O–H groups in total. The number of halogens is 1. The first kappa shape index (κ1) is 17.2. The molecule has 1 fully saturated rings. The number of rotatable bonds is 4. The van der Waals surface area contributed by atoms with Crippen LogP contribution >= 0.6 is 0 Å². The van der Waals surface area contributed by atoms with Crippen LogP contribution in [0, 0.1) is 5.95 Å². The highest BCUT2D eigenvalue weighted by atomic mass is 32.2. The molecule has 0 saturated carbocycles. The Kier molecular flexibility index (Phi) is 4.27. The summed E-state index contributed by atoms with van der Waals surface area (Å²) in [5.41, 5.74) is -0.854. The molecule has 9 heteroatoms. The smallest absolute Gasteiger partial charge is 0.399 e. The van der Waals surface area contributed by atoms with Gasteiger partial charge in [-0.25, -0.2) is 13.4 Å². The Hall–Kier alpha value is -1.19. The van der Waals surface area contributed by atoms with E-state index in [4.69, 9.17) is 9.31 Å². The van der Waals surface area contributed by atoms with Crippen molar-refractivity contribution in [2.24, 2.45) is 0 Å². The molecule has 0 radical (unpaired) electrons. The Morgan fingerprint density at radius 3 is 2.32 bits per heavy atom. The van der Waals surface area contributed by atoms with Gasteiger partial charge in [0.25, 0.3) is 0 Å². The summed E-state index contributed by atoms with van der Waals surface area (Å²) in [4.78, 5) is 3.58. The molecular formula is C13H20BFN2O4S. The largest absolute Gasteiger partial charge is 0.496 e. The van der Waals surface area contributed by atoms with E-state index in [1.165, 1.54) is 19.2 Å². The maximum Gasteiger partial charge on any atom is 0.496 e. The molecule has 1 saturated heterocycles. The number of aromatic nitrogens is 1. The van der Waals surface area contributed by atoms with E-state index in [9.17, 15) is 12.8 Å². The highest BCUT2D eigenvalue weighted by Crippen LogP contribution is 2.36. The molecule has 22 heavy (non-hydrogen) atoms. The molecule has 0 unspecified atom stereocenters. The van der Waals surface area contributed by atoms with E-state index in [2.05, 4.69) is 9.71 Å². The summed E-state index contributed by atoms with van der Waals surface area (Å²) < 4.78 is 50.7. The second kappa shape index (κ2) is 5.47. The fourth-order valence-electron chi connectivity index (χ4n) is 1.88. The molecule has 0 spiro atoms. The lowest BCUT2D eigenvalue weighted by Crippen LogP contribution is -2.41. The second-order valence-electron chi connectivity index (χ2n) is 6.20. The minimum atomic E-state index is -3.59. The van der Waals surface area contributed by atoms with Gasteiger partial charge in [-0.2, -0.15) is 4.39 Å². The van der Waals surface area contributed by atoms with Crippen molar-refractivity contribution in [2.75, 3.05) is 10.5 Å². The van der Waals surface area contributed by atoms with Gasteiger partial charge in [0.2, 0.25) is 16.0 Å². The molecule has 122 valence electrons. The van der Waals surface area contributed by atoms with Crippen LogP contribution in [-0.4, -0.2) is 37.5 Å². The molecule has 2 rings (SSSR count). The lowest BCUT2D eigenvalue weighted by atomic mass is 9.80. The van der Waals surface area contributed by atoms with Gasteiger partial charge in [0, 0.05) is 11.7 Å². The summed E-state index contributed by atoms with van der Waals surface area (Å²) in [6.45, 7) is 9.04. The van der Waals surface area contributed by atoms with Gasteiger partial charge < -0.3 is 9.31 Å². The van der Waals surface area contributed by atoms with Gasteiger partial charge >= 0.3 is 7.12 Å². The zero-order valence-corrected chi connectivity index (χ0v) is 14.1. The fourth-order valence-corrected chi connectivity index (χ4v) is 2.51. The average Bonchev–Trinajstić information content (AvgIpc) is 2.61. The van der Waals surface area contributed by atoms with Gasteiger partial charge in [0.15, 0.2) is 0 Å². The van der Waals surface area contributed by atoms with Crippen LogP contribution in [-0.2, 0) is 19.3 Å². The van der Waals surface area contributed by atoms with E-state index < -0.39 is 34.3 Å². The predicted octanol–water partition coefficient (Wildman–Crippen LogP) is 1.28. The summed E-state index contributed by atoms with van der Waals surface area (Å²) in [6.07, 6.45) is 1.28. The Morgan fingerprint density at radius 2 is 1.82 bits per heavy atom. The molecular weight excluding hydrogens is 310 g/mol. The number of hydrogen-bond donors (Lipinski definition) is 1. The summed E-state index contributed by atoms with van der Waals surface area (Å²) in [5.74, 6) is -1.05. The SMILES string of the molecule is CCS(=O)(=O)Nc1cc(B2OC(C)(C)C(C)(C)O2)cnc1F. The molecule has 0 atom stereocenters. The molecule has 0 bridgehead atoms. The molecule has 1 aliphatic rings. The molecule has 0 aliphatic carbocycles. The van der Waals surface area contributed by atoms with Gasteiger partial charge in [0.1, 0.15) is 5.69 Å². The minimum absolute atomic E-state index is 0.160. The monoisotopic (exact) mass is 330 g/mol. The fraction of sp³-hybridized carbons (Fsp3) is 0.615. The van der Waals surface area contributed by atoms with Crippen LogP contribution in [0.5, 0.6) is 0 Å². The van der Waals surface area contributed by atoms with Gasteiger partial charge in [-0.3, -0.25) is 4.72 Å². The predicted molar refractivity (Wildman–Crippen MR) is 83.0 cm³/mol. The van der Waals surface area contributed by atoms with Crippen molar-refractivity contribution >= 4 is 28.3 Å². The van der Waals surface area contributed by atoms with Crippen molar-refractivity contribution < 1.29 is 22.1 Å². The van der Waals surface area contributed by atoms with E-state index in [0.29, 0.717) is 5.46 Å². The van der Waals surface area contributed by atoms with Crippen LogP contribution in [0.4, 0.5) is 10.1 Å². The maximum absolute atomic E-state index is 13.7. The van der Waals surface area contributed by atoms with Crippen molar-refractivity contribution in [3.05, 3.63) is 18.2 Å². The number of anilines is 1. The summed E-state index contributed by atoms with van der Waals surface area (Å²) in [5, 5.41) is 0. The van der Waals surface area contributed by atoms with E-state index in [0.717, 1.165) is 0 Å². The Bertz CT molecular complexity index is 663. The molecule has 0 amide bonds. The van der Waals surface area contributed by atoms with Gasteiger partial charge in [-0.1, -0.05) is 0 Å². The third kappa shape index (κ3) is 3.26. The van der Waals surface area contributed by atoms with E-state index in [-0.39, 0.29) is 11.4 Å². The first-order valence-corrected chi connectivity index (χ1v) is 8.64. The Morgan fingerprint density at radius 1 is 1.27 bits per heavy atom. The number of pyridine rings is 1. The quantitative estimate of drug-likeness (QED) is 0.665. The van der Waals surface area contributed by atoms with Crippen LogP contribution in [0.2, 0.25) is 0 Å². The third-order valence-corrected chi connectivity index (χ3v) is 5.32. The first-order chi connectivity index (χ1) is 9.97. The van der Waals surface area contributed by atoms with E-state index in [1.807, 2.05) is 27.7 Å². The molecule has 1 aromatic rings. The maximum atomic E-state index is 13.7. The zero-order valence-electron chi connectivity index (χ0n) is 13.3. The lowest BCUT2D eigenvalue weighted by Gasteiger charge is -2.32. The van der Waals surface area contributed by atoms with Crippen LogP contribution < -0.4 is 10.2 Å². The van der Waals surface area contributed by atoms with Gasteiger partial charge in [-0.05, 0) is 40.7 Å². The van der Waals surface area contributed by atoms with E-state index in [1.54, 1.807) is 0 Å². The minimum Gasteiger partial charge on any atom is -0.399 e. The summed E-state index contributed by atoms with van der Waals surface area (Å²) in [6, 6.07) is 1.34. The standard InChI is InChI=1S/C13H20BFN2O4S/c1-6-22(18,19)17-10-7-9(8-16-11(10)15)14-20-12(2,3)13(4,5)21-14/h7-8,17H,6H2,1-5H3. The molecule has 1 aromatic heterocycles. The summed E-state index contributed by atoms with van der Waals surface area (Å²) in [7, 11) is -4.33. The zero-order chi connectivity index (χ0) is 16.8. The third-order valence-electron chi connectivity index (χ3n) is 4.03. The molecule has 0 aromatic carbocycles. The Balaban J connectivity index is 2.32. The normalized spacial score (nSPS) is 20.2. The number of hydrogen-bond acceptors (Lipinski definition) is 5. The Labute approximate surface area is 130 Å². The number of nitrogens with zero attached hydrogens (tertiary/aromatic N) is 1. The van der Waals surface area contributed by atoms with Crippen molar-refractivity contribution in [2.45, 2.75) is 45.8 Å². The van der Waals surface area contributed by atoms with E-state index >= 15 is 0 Å². The van der Waals surface area contributed by atoms with Crippen molar-refractivity contribution in [1.82, 2.24) is 4.98 Å². The molecule has 2 heterocycles. The highest BCUT2D eigenvalue weighted by molar-refractivity contribution is 7.92. The summed E-state index contributed by atoms with van der Waals surface area (Å²) >= 11 is 0. The topological polar surface area (TPSA) is 77.5 Å². The molecule has 6 nitrogen and oxygen atoms in total. The lowest BCUT2D eigenvalue weighted by molar-refractivity contribution is 0.00578. The number of sulfonamides is 1. The van der Waals surface area contributed by atoms with Crippen molar-refractivity contribution in [3.63, 3.8) is 0 Å². The van der Waals surface area contributed by atoms with Gasteiger partial charge in [-0.15, -0.1) is 0 Å². The highest BCUT2D eigenvalue weighted by Gasteiger charge is 2.51. The first-order valence-electron chi connectivity index (χ1n) is 6.99. The average molecular weight is 330 g/mol. The molecule has 1 aliphatic heterocycles. The second-order valence-corrected chi connectivity index (χ2v) is 8.21. The van der Waals surface area contributed by atoms with Crippen molar-refractivity contribution in [1.29, 1.82) is 0 Å². The van der Waals surface area contributed by atoms with Crippen LogP contribution in [0.25, 0.3) is 0 Å². The van der Waals surface area contributed by atoms with Crippen LogP contribution in [0.1, 0.15) is 34.6 Å². The number of nitrogens with one attached hydrogen (secondary N) is 1.